The number of β-amino-alcohol motifs (C(OH)–C–C–N with tert-alkyl or cyclic N) is 1. The fraction of sp³-hybridized carbons (Fsp3) is 0.667. The minimum absolute atomic E-state index is 0.0934. The highest BCUT2D eigenvalue weighted by Gasteiger charge is 2.43. The van der Waals surface area contributed by atoms with E-state index in [9.17, 15) is 14.7 Å². The Morgan fingerprint density at radius 1 is 1.44 bits per heavy atom. The number of aliphatic carboxylic acids is 1. The third-order valence-corrected chi connectivity index (χ3v) is 3.37. The van der Waals surface area contributed by atoms with Gasteiger partial charge in [0, 0.05) is 25.6 Å². The van der Waals surface area contributed by atoms with E-state index in [1.54, 1.807) is 11.0 Å². The standard InChI is InChI=1S/C12H18N2O4/c1-2-5-13(8-3-4-8)12(18)14-7-9(15)6-10(14)11(16)17/h2,8-10,15H,1,3-7H2,(H,16,17). The van der Waals surface area contributed by atoms with Gasteiger partial charge in [0.05, 0.1) is 6.10 Å². The van der Waals surface area contributed by atoms with Crippen molar-refractivity contribution in [1.29, 1.82) is 0 Å². The van der Waals surface area contributed by atoms with E-state index in [-0.39, 0.29) is 25.0 Å². The molecule has 1 aliphatic carbocycles. The predicted molar refractivity (Wildman–Crippen MR) is 64.1 cm³/mol. The lowest BCUT2D eigenvalue weighted by atomic mass is 10.2. The van der Waals surface area contributed by atoms with Gasteiger partial charge in [-0.3, -0.25) is 0 Å². The van der Waals surface area contributed by atoms with Gasteiger partial charge in [-0.1, -0.05) is 6.08 Å². The zero-order chi connectivity index (χ0) is 13.3. The summed E-state index contributed by atoms with van der Waals surface area (Å²) in [5.41, 5.74) is 0. The van der Waals surface area contributed by atoms with E-state index in [4.69, 9.17) is 5.11 Å². The molecule has 0 aromatic rings. The molecule has 2 atom stereocenters. The lowest BCUT2D eigenvalue weighted by molar-refractivity contribution is -0.141. The number of carbonyl (C=O) groups is 2. The molecular weight excluding hydrogens is 236 g/mol. The summed E-state index contributed by atoms with van der Waals surface area (Å²) in [6.07, 6.45) is 2.90. The molecule has 2 rings (SSSR count). The Morgan fingerprint density at radius 2 is 2.11 bits per heavy atom. The van der Waals surface area contributed by atoms with E-state index in [1.165, 1.54) is 4.90 Å². The number of nitrogens with zero attached hydrogens (tertiary/aromatic N) is 2. The number of amides is 2. The summed E-state index contributed by atoms with van der Waals surface area (Å²) in [6, 6.07) is -1.03. The molecule has 2 N–H and O–H groups in total. The maximum Gasteiger partial charge on any atom is 0.326 e. The van der Waals surface area contributed by atoms with Gasteiger partial charge in [0.2, 0.25) is 0 Å². The van der Waals surface area contributed by atoms with E-state index in [0.29, 0.717) is 6.54 Å². The number of hydrogen-bond donors (Lipinski definition) is 2. The SMILES string of the molecule is C=CCN(C(=O)N1CC(O)CC1C(=O)O)C1CC1. The molecule has 100 valence electrons. The Kier molecular flexibility index (Phi) is 3.56. The van der Waals surface area contributed by atoms with E-state index in [1.807, 2.05) is 0 Å². The van der Waals surface area contributed by atoms with Gasteiger partial charge in [-0.05, 0) is 12.8 Å². The first-order chi connectivity index (χ1) is 8.54. The van der Waals surface area contributed by atoms with Crippen LogP contribution in [0.25, 0.3) is 0 Å². The maximum atomic E-state index is 12.3. The van der Waals surface area contributed by atoms with Crippen molar-refractivity contribution in [3.8, 4) is 0 Å². The van der Waals surface area contributed by atoms with Gasteiger partial charge >= 0.3 is 12.0 Å². The van der Waals surface area contributed by atoms with Gasteiger partial charge in [-0.2, -0.15) is 0 Å². The van der Waals surface area contributed by atoms with Crippen LogP contribution in [0.3, 0.4) is 0 Å². The average molecular weight is 254 g/mol. The summed E-state index contributed by atoms with van der Waals surface area (Å²) in [5.74, 6) is -1.06. The first-order valence-electron chi connectivity index (χ1n) is 6.13. The van der Waals surface area contributed by atoms with Crippen molar-refractivity contribution in [2.24, 2.45) is 0 Å². The van der Waals surface area contributed by atoms with E-state index >= 15 is 0 Å². The molecule has 0 aromatic heterocycles. The Labute approximate surface area is 105 Å². The highest BCUT2D eigenvalue weighted by molar-refractivity contribution is 5.84. The molecule has 2 unspecified atom stereocenters. The van der Waals surface area contributed by atoms with E-state index < -0.39 is 18.1 Å². The second kappa shape index (κ2) is 4.97. The van der Waals surface area contributed by atoms with Crippen LogP contribution in [-0.4, -0.2) is 63.3 Å². The maximum absolute atomic E-state index is 12.3. The Hall–Kier alpha value is -1.56. The number of carboxylic acid groups (broad SMARTS) is 1. The number of urea groups is 1. The zero-order valence-electron chi connectivity index (χ0n) is 10.2. The summed E-state index contributed by atoms with van der Waals surface area (Å²) < 4.78 is 0. The van der Waals surface area contributed by atoms with Crippen LogP contribution in [0.4, 0.5) is 4.79 Å². The number of carboxylic acids is 1. The first-order valence-corrected chi connectivity index (χ1v) is 6.13. The molecule has 0 bridgehead atoms. The van der Waals surface area contributed by atoms with Crippen molar-refractivity contribution in [3.63, 3.8) is 0 Å². The lowest BCUT2D eigenvalue weighted by Crippen LogP contribution is -2.49. The summed E-state index contributed by atoms with van der Waals surface area (Å²) in [6.45, 7) is 4.12. The van der Waals surface area contributed by atoms with Gasteiger partial charge < -0.3 is 20.0 Å². The van der Waals surface area contributed by atoms with Crippen molar-refractivity contribution in [3.05, 3.63) is 12.7 Å². The third-order valence-electron chi connectivity index (χ3n) is 3.37. The molecule has 6 heteroatoms. The minimum Gasteiger partial charge on any atom is -0.480 e. The van der Waals surface area contributed by atoms with Crippen LogP contribution in [0.15, 0.2) is 12.7 Å². The summed E-state index contributed by atoms with van der Waals surface area (Å²) in [4.78, 5) is 26.3. The van der Waals surface area contributed by atoms with Crippen LogP contribution in [0.5, 0.6) is 0 Å². The molecule has 2 amide bonds. The quantitative estimate of drug-likeness (QED) is 0.706. The molecule has 2 aliphatic rings. The normalized spacial score (nSPS) is 27.1. The Balaban J connectivity index is 2.10. The molecular formula is C12H18N2O4. The summed E-state index contributed by atoms with van der Waals surface area (Å²) >= 11 is 0. The number of likely N-dealkylation sites (tertiary alicyclic amines) is 1. The highest BCUT2D eigenvalue weighted by Crippen LogP contribution is 2.29. The molecule has 1 heterocycles. The molecule has 1 aliphatic heterocycles. The smallest absolute Gasteiger partial charge is 0.326 e. The third kappa shape index (κ3) is 2.48. The number of carbonyl (C=O) groups excluding carboxylic acids is 1. The molecule has 0 spiro atoms. The topological polar surface area (TPSA) is 81.1 Å². The summed E-state index contributed by atoms with van der Waals surface area (Å²) in [5, 5.41) is 18.6. The predicted octanol–water partition coefficient (Wildman–Crippen LogP) is 0.277. The largest absolute Gasteiger partial charge is 0.480 e. The van der Waals surface area contributed by atoms with E-state index in [0.717, 1.165) is 12.8 Å². The number of rotatable bonds is 4. The Bertz CT molecular complexity index is 367. The molecule has 18 heavy (non-hydrogen) atoms. The molecule has 0 radical (unpaired) electrons. The Morgan fingerprint density at radius 3 is 2.61 bits per heavy atom. The van der Waals surface area contributed by atoms with Crippen LogP contribution in [0.2, 0.25) is 0 Å². The van der Waals surface area contributed by atoms with Crippen LogP contribution in [-0.2, 0) is 4.79 Å². The second-order valence-electron chi connectivity index (χ2n) is 4.85. The van der Waals surface area contributed by atoms with Crippen LogP contribution in [0, 0.1) is 0 Å². The van der Waals surface area contributed by atoms with Gasteiger partial charge in [0.15, 0.2) is 0 Å². The van der Waals surface area contributed by atoms with Crippen molar-refractivity contribution < 1.29 is 19.8 Å². The number of aliphatic hydroxyl groups excluding tert-OH is 1. The van der Waals surface area contributed by atoms with Gasteiger partial charge in [-0.25, -0.2) is 9.59 Å². The molecule has 1 saturated heterocycles. The van der Waals surface area contributed by atoms with Crippen molar-refractivity contribution >= 4 is 12.0 Å². The van der Waals surface area contributed by atoms with Gasteiger partial charge in [0.1, 0.15) is 6.04 Å². The molecule has 2 fully saturated rings. The zero-order valence-corrected chi connectivity index (χ0v) is 10.2. The van der Waals surface area contributed by atoms with Crippen molar-refractivity contribution in [2.45, 2.75) is 37.5 Å². The average Bonchev–Trinajstić information content (AvgIpc) is 3.07. The number of aliphatic hydroxyl groups is 1. The van der Waals surface area contributed by atoms with Crippen molar-refractivity contribution in [1.82, 2.24) is 9.80 Å². The van der Waals surface area contributed by atoms with Crippen LogP contribution < -0.4 is 0 Å². The van der Waals surface area contributed by atoms with Gasteiger partial charge in [0.25, 0.3) is 0 Å². The molecule has 6 nitrogen and oxygen atoms in total. The van der Waals surface area contributed by atoms with Crippen LogP contribution >= 0.6 is 0 Å². The second-order valence-corrected chi connectivity index (χ2v) is 4.85. The summed E-state index contributed by atoms with van der Waals surface area (Å²) in [7, 11) is 0. The molecule has 1 saturated carbocycles. The highest BCUT2D eigenvalue weighted by atomic mass is 16.4. The number of hydrogen-bond acceptors (Lipinski definition) is 3. The fourth-order valence-electron chi connectivity index (χ4n) is 2.33. The first kappa shape index (κ1) is 12.9. The molecule has 0 aromatic carbocycles. The monoisotopic (exact) mass is 254 g/mol. The lowest BCUT2D eigenvalue weighted by Gasteiger charge is -2.29. The van der Waals surface area contributed by atoms with Crippen molar-refractivity contribution in [2.75, 3.05) is 13.1 Å². The fourth-order valence-corrected chi connectivity index (χ4v) is 2.33. The van der Waals surface area contributed by atoms with E-state index in [2.05, 4.69) is 6.58 Å². The van der Waals surface area contributed by atoms with Crippen LogP contribution in [0.1, 0.15) is 19.3 Å². The minimum atomic E-state index is -1.06. The van der Waals surface area contributed by atoms with Gasteiger partial charge in [-0.15, -0.1) is 6.58 Å².